The highest BCUT2D eigenvalue weighted by Crippen LogP contribution is 2.06. The van der Waals surface area contributed by atoms with E-state index in [4.69, 9.17) is 4.42 Å². The van der Waals surface area contributed by atoms with Gasteiger partial charge in [0, 0.05) is 11.5 Å². The first-order valence-corrected chi connectivity index (χ1v) is 3.77. The van der Waals surface area contributed by atoms with Gasteiger partial charge in [0.05, 0.1) is 0 Å². The molecule has 3 heteroatoms. The quantitative estimate of drug-likeness (QED) is 0.400. The number of hydrogen-bond donors (Lipinski definition) is 0. The molecule has 0 spiro atoms. The van der Waals surface area contributed by atoms with E-state index in [-0.39, 0.29) is 5.63 Å². The Hall–Kier alpha value is -1.51. The summed E-state index contributed by atoms with van der Waals surface area (Å²) in [6.07, 6.45) is 0. The van der Waals surface area contributed by atoms with Crippen LogP contribution < -0.4 is 11.1 Å². The first kappa shape index (κ1) is 7.16. The highest BCUT2D eigenvalue weighted by Gasteiger charge is 1.98. The summed E-state index contributed by atoms with van der Waals surface area (Å²) >= 11 is 0. The first-order valence-electron chi connectivity index (χ1n) is 3.77. The third-order valence-corrected chi connectivity index (χ3v) is 1.86. The molecule has 0 amide bonds. The fraction of sp³-hybridized carbons (Fsp3) is 0. The standard InChI is InChI=1S/C9H7BO2/c10-7-5-9(11)12-8-4-2-1-3-6(7)8/h1-5H,10H2. The lowest BCUT2D eigenvalue weighted by atomic mass is 9.93. The van der Waals surface area contributed by atoms with Crippen molar-refractivity contribution in [1.82, 2.24) is 0 Å². The molecule has 0 N–H and O–H groups in total. The molecule has 1 aromatic carbocycles. The van der Waals surface area contributed by atoms with E-state index in [1.165, 1.54) is 6.07 Å². The topological polar surface area (TPSA) is 30.2 Å². The van der Waals surface area contributed by atoms with Crippen molar-refractivity contribution < 1.29 is 4.42 Å². The fourth-order valence-electron chi connectivity index (χ4n) is 1.27. The van der Waals surface area contributed by atoms with E-state index in [1.807, 2.05) is 26.0 Å². The summed E-state index contributed by atoms with van der Waals surface area (Å²) in [4.78, 5) is 10.9. The number of benzene rings is 1. The molecule has 12 heavy (non-hydrogen) atoms. The maximum absolute atomic E-state index is 10.9. The lowest BCUT2D eigenvalue weighted by Crippen LogP contribution is -2.11. The van der Waals surface area contributed by atoms with Gasteiger partial charge in [0.1, 0.15) is 13.4 Å². The summed E-state index contributed by atoms with van der Waals surface area (Å²) < 4.78 is 4.99. The maximum Gasteiger partial charge on any atom is 0.335 e. The van der Waals surface area contributed by atoms with E-state index < -0.39 is 0 Å². The second kappa shape index (κ2) is 2.52. The Bertz CT molecular complexity index is 473. The smallest absolute Gasteiger partial charge is 0.335 e. The van der Waals surface area contributed by atoms with E-state index in [0.717, 1.165) is 10.8 Å². The molecule has 0 radical (unpaired) electrons. The van der Waals surface area contributed by atoms with Crippen LogP contribution >= 0.6 is 0 Å². The predicted molar refractivity (Wildman–Crippen MR) is 50.7 cm³/mol. The van der Waals surface area contributed by atoms with Gasteiger partial charge in [0.15, 0.2) is 0 Å². The molecule has 0 unspecified atom stereocenters. The van der Waals surface area contributed by atoms with Crippen LogP contribution in [0.15, 0.2) is 39.5 Å². The van der Waals surface area contributed by atoms with Crippen LogP contribution in [0.1, 0.15) is 0 Å². The van der Waals surface area contributed by atoms with Gasteiger partial charge < -0.3 is 4.42 Å². The summed E-state index contributed by atoms with van der Waals surface area (Å²) in [5.74, 6) is 0. The third kappa shape index (κ3) is 1.03. The van der Waals surface area contributed by atoms with Crippen molar-refractivity contribution in [2.75, 3.05) is 0 Å². The van der Waals surface area contributed by atoms with Gasteiger partial charge in [0.2, 0.25) is 0 Å². The summed E-state index contributed by atoms with van der Waals surface area (Å²) in [7, 11) is 1.90. The Kier molecular flexibility index (Phi) is 1.50. The van der Waals surface area contributed by atoms with Gasteiger partial charge >= 0.3 is 5.63 Å². The average molecular weight is 158 g/mol. The molecule has 2 aromatic rings. The highest BCUT2D eigenvalue weighted by molar-refractivity contribution is 6.38. The molecule has 1 aromatic heterocycles. The van der Waals surface area contributed by atoms with E-state index >= 15 is 0 Å². The van der Waals surface area contributed by atoms with Crippen LogP contribution in [0.2, 0.25) is 0 Å². The van der Waals surface area contributed by atoms with Gasteiger partial charge in [-0.1, -0.05) is 23.7 Å². The molecule has 0 atom stereocenters. The molecule has 2 nitrogen and oxygen atoms in total. The van der Waals surface area contributed by atoms with Crippen LogP contribution in [0.3, 0.4) is 0 Å². The molecule has 0 fully saturated rings. The van der Waals surface area contributed by atoms with Crippen LogP contribution in [-0.2, 0) is 0 Å². The number of hydrogen-bond acceptors (Lipinski definition) is 2. The SMILES string of the molecule is Bc1cc(=O)oc2ccccc12. The number of para-hydroxylation sites is 1. The molecule has 2 rings (SSSR count). The Morgan fingerprint density at radius 3 is 2.83 bits per heavy atom. The zero-order valence-corrected chi connectivity index (χ0v) is 6.70. The second-order valence-corrected chi connectivity index (χ2v) is 2.74. The average Bonchev–Trinajstić information content (AvgIpc) is 2.04. The normalized spacial score (nSPS) is 10.3. The van der Waals surface area contributed by atoms with Gasteiger partial charge in [-0.3, -0.25) is 0 Å². The van der Waals surface area contributed by atoms with E-state index in [0.29, 0.717) is 5.58 Å². The lowest BCUT2D eigenvalue weighted by Gasteiger charge is -1.97. The molecule has 0 aliphatic carbocycles. The zero-order valence-electron chi connectivity index (χ0n) is 6.70. The summed E-state index contributed by atoms with van der Waals surface area (Å²) in [6.45, 7) is 0. The van der Waals surface area contributed by atoms with Crippen LogP contribution in [0.25, 0.3) is 11.0 Å². The van der Waals surface area contributed by atoms with Crippen molar-refractivity contribution in [3.05, 3.63) is 40.8 Å². The number of rotatable bonds is 0. The summed E-state index contributed by atoms with van der Waals surface area (Å²) in [6, 6.07) is 9.01. The van der Waals surface area contributed by atoms with Crippen LogP contribution in [0, 0.1) is 0 Å². The lowest BCUT2D eigenvalue weighted by molar-refractivity contribution is 0.562. The van der Waals surface area contributed by atoms with Crippen molar-refractivity contribution >= 4 is 24.3 Å². The first-order chi connectivity index (χ1) is 5.77. The van der Waals surface area contributed by atoms with Crippen LogP contribution in [0.5, 0.6) is 0 Å². The van der Waals surface area contributed by atoms with Gasteiger partial charge in [-0.05, 0) is 6.07 Å². The maximum atomic E-state index is 10.9. The van der Waals surface area contributed by atoms with Gasteiger partial charge in [-0.15, -0.1) is 0 Å². The minimum atomic E-state index is -0.286. The zero-order chi connectivity index (χ0) is 8.55. The van der Waals surface area contributed by atoms with Crippen LogP contribution in [0.4, 0.5) is 0 Å². The Morgan fingerprint density at radius 1 is 1.25 bits per heavy atom. The highest BCUT2D eigenvalue weighted by atomic mass is 16.4. The van der Waals surface area contributed by atoms with Gasteiger partial charge in [0.25, 0.3) is 0 Å². The summed E-state index contributed by atoms with van der Waals surface area (Å²) in [5, 5.41) is 0.997. The molecule has 58 valence electrons. The minimum Gasteiger partial charge on any atom is -0.423 e. The van der Waals surface area contributed by atoms with Crippen molar-refractivity contribution in [2.45, 2.75) is 0 Å². The van der Waals surface area contributed by atoms with Crippen molar-refractivity contribution in [3.63, 3.8) is 0 Å². The number of fused-ring (bicyclic) bond motifs is 1. The molecule has 1 heterocycles. The largest absolute Gasteiger partial charge is 0.423 e. The molecule has 0 aliphatic rings. The molecule has 0 bridgehead atoms. The van der Waals surface area contributed by atoms with Gasteiger partial charge in [-0.25, -0.2) is 4.79 Å². The molecule has 0 saturated carbocycles. The van der Waals surface area contributed by atoms with Crippen molar-refractivity contribution in [1.29, 1.82) is 0 Å². The summed E-state index contributed by atoms with van der Waals surface area (Å²) in [5.41, 5.74) is 1.33. The molecular formula is C9H7BO2. The van der Waals surface area contributed by atoms with Crippen molar-refractivity contribution in [2.24, 2.45) is 0 Å². The Labute approximate surface area is 70.2 Å². The van der Waals surface area contributed by atoms with Gasteiger partial charge in [-0.2, -0.15) is 0 Å². The van der Waals surface area contributed by atoms with E-state index in [1.54, 1.807) is 6.07 Å². The molecule has 0 saturated heterocycles. The molecular weight excluding hydrogens is 151 g/mol. The fourth-order valence-corrected chi connectivity index (χ4v) is 1.27. The third-order valence-electron chi connectivity index (χ3n) is 1.86. The van der Waals surface area contributed by atoms with Crippen LogP contribution in [-0.4, -0.2) is 7.85 Å². The second-order valence-electron chi connectivity index (χ2n) is 2.74. The minimum absolute atomic E-state index is 0.286. The predicted octanol–water partition coefficient (Wildman–Crippen LogP) is 0.0514. The molecule has 0 aliphatic heterocycles. The Morgan fingerprint density at radius 2 is 2.00 bits per heavy atom. The van der Waals surface area contributed by atoms with E-state index in [2.05, 4.69) is 0 Å². The van der Waals surface area contributed by atoms with E-state index in [9.17, 15) is 4.79 Å². The monoisotopic (exact) mass is 158 g/mol. The Balaban J connectivity index is 2.99. The van der Waals surface area contributed by atoms with Crippen molar-refractivity contribution in [3.8, 4) is 0 Å².